The van der Waals surface area contributed by atoms with Crippen molar-refractivity contribution >= 4 is 0 Å². The normalized spacial score (nSPS) is 18.2. The summed E-state index contributed by atoms with van der Waals surface area (Å²) in [7, 11) is 0. The average Bonchev–Trinajstić information content (AvgIpc) is 2.42. The topological polar surface area (TPSA) is 47.6 Å². The van der Waals surface area contributed by atoms with Gasteiger partial charge in [0.25, 0.3) is 0 Å². The van der Waals surface area contributed by atoms with E-state index in [-0.39, 0.29) is 12.3 Å². The molecule has 2 nitrogen and oxygen atoms in total. The van der Waals surface area contributed by atoms with Crippen LogP contribution in [0.2, 0.25) is 0 Å². The van der Waals surface area contributed by atoms with E-state index in [2.05, 4.69) is 36.3 Å². The minimum absolute atomic E-state index is 0.0919. The largest absolute Gasteiger partial charge is 0.196 e. The second-order valence-corrected chi connectivity index (χ2v) is 4.30. The van der Waals surface area contributed by atoms with Crippen LogP contribution in [0.5, 0.6) is 0 Å². The van der Waals surface area contributed by atoms with E-state index in [1.54, 1.807) is 6.92 Å². The lowest BCUT2D eigenvalue weighted by molar-refractivity contribution is 0.493. The molecule has 0 bridgehead atoms. The van der Waals surface area contributed by atoms with E-state index in [4.69, 9.17) is 0 Å². The van der Waals surface area contributed by atoms with Gasteiger partial charge in [-0.05, 0) is 37.8 Å². The summed E-state index contributed by atoms with van der Waals surface area (Å²) >= 11 is 0. The molecule has 90 valence electrons. The van der Waals surface area contributed by atoms with Crippen LogP contribution in [0.3, 0.4) is 0 Å². The highest BCUT2D eigenvalue weighted by molar-refractivity contribution is 5.39. The summed E-state index contributed by atoms with van der Waals surface area (Å²) in [5, 5.41) is 18.8. The Kier molecular flexibility index (Phi) is 5.02. The lowest BCUT2D eigenvalue weighted by atomic mass is 9.70. The van der Waals surface area contributed by atoms with E-state index in [1.165, 1.54) is 0 Å². The Morgan fingerprint density at radius 1 is 1.50 bits per heavy atom. The van der Waals surface area contributed by atoms with E-state index in [0.29, 0.717) is 0 Å². The standard InChI is InChI=1S/C16H16N2/c1-3-5-11-16(12-17,13-18)15-10-7-6-9-14(15)8-4-2/h8,10,14H,2,6-7,9,11H2,1H3. The highest BCUT2D eigenvalue weighted by atomic mass is 14.4. The Morgan fingerprint density at radius 3 is 2.78 bits per heavy atom. The van der Waals surface area contributed by atoms with Crippen molar-refractivity contribution in [1.29, 1.82) is 10.5 Å². The van der Waals surface area contributed by atoms with Crippen LogP contribution in [0.25, 0.3) is 0 Å². The molecule has 0 aliphatic heterocycles. The molecule has 0 radical (unpaired) electrons. The van der Waals surface area contributed by atoms with Gasteiger partial charge in [0.1, 0.15) is 0 Å². The third-order valence-electron chi connectivity index (χ3n) is 3.21. The zero-order chi connectivity index (χ0) is 13.4. The first-order chi connectivity index (χ1) is 8.74. The number of hydrogen-bond acceptors (Lipinski definition) is 2. The van der Waals surface area contributed by atoms with Gasteiger partial charge in [0.05, 0.1) is 12.1 Å². The molecule has 1 rings (SSSR count). The summed E-state index contributed by atoms with van der Waals surface area (Å²) in [6.07, 6.45) is 7.07. The minimum Gasteiger partial charge on any atom is -0.196 e. The van der Waals surface area contributed by atoms with Crippen molar-refractivity contribution in [3.8, 4) is 24.0 Å². The first kappa shape index (κ1) is 13.9. The highest BCUT2D eigenvalue weighted by Crippen LogP contribution is 2.40. The zero-order valence-corrected chi connectivity index (χ0v) is 10.7. The third-order valence-corrected chi connectivity index (χ3v) is 3.21. The SMILES string of the molecule is C=C=CC1CCCC=C1C(C#N)(C#N)CC#CC. The molecule has 0 spiro atoms. The molecule has 0 fully saturated rings. The van der Waals surface area contributed by atoms with Gasteiger partial charge in [-0.3, -0.25) is 0 Å². The number of allylic oxidation sites excluding steroid dienone is 3. The fourth-order valence-corrected chi connectivity index (χ4v) is 2.26. The van der Waals surface area contributed by atoms with E-state index < -0.39 is 5.41 Å². The van der Waals surface area contributed by atoms with E-state index >= 15 is 0 Å². The highest BCUT2D eigenvalue weighted by Gasteiger charge is 2.38. The summed E-state index contributed by atoms with van der Waals surface area (Å²) in [6.45, 7) is 5.30. The van der Waals surface area contributed by atoms with Crippen LogP contribution >= 0.6 is 0 Å². The van der Waals surface area contributed by atoms with Gasteiger partial charge < -0.3 is 0 Å². The van der Waals surface area contributed by atoms with Crippen LogP contribution in [-0.4, -0.2) is 0 Å². The van der Waals surface area contributed by atoms with Crippen LogP contribution in [0.15, 0.2) is 30.0 Å². The smallest absolute Gasteiger partial charge is 0.176 e. The van der Waals surface area contributed by atoms with Gasteiger partial charge in [0.2, 0.25) is 0 Å². The van der Waals surface area contributed by atoms with Crippen molar-refractivity contribution in [2.75, 3.05) is 0 Å². The zero-order valence-electron chi connectivity index (χ0n) is 10.7. The van der Waals surface area contributed by atoms with Crippen LogP contribution < -0.4 is 0 Å². The fraction of sp³-hybridized carbons (Fsp3) is 0.438. The van der Waals surface area contributed by atoms with Gasteiger partial charge in [0, 0.05) is 12.3 Å². The summed E-state index contributed by atoms with van der Waals surface area (Å²) < 4.78 is 0. The van der Waals surface area contributed by atoms with E-state index in [1.807, 2.05) is 12.2 Å². The first-order valence-electron chi connectivity index (χ1n) is 6.02. The summed E-state index contributed by atoms with van der Waals surface area (Å²) in [6, 6.07) is 4.32. The molecule has 0 aromatic rings. The summed E-state index contributed by atoms with van der Waals surface area (Å²) in [5.41, 5.74) is 2.52. The van der Waals surface area contributed by atoms with Crippen molar-refractivity contribution in [3.63, 3.8) is 0 Å². The van der Waals surface area contributed by atoms with Crippen LogP contribution in [-0.2, 0) is 0 Å². The predicted molar refractivity (Wildman–Crippen MR) is 70.9 cm³/mol. The van der Waals surface area contributed by atoms with Gasteiger partial charge in [-0.1, -0.05) is 12.7 Å². The molecule has 0 saturated heterocycles. The maximum Gasteiger partial charge on any atom is 0.176 e. The molecule has 0 N–H and O–H groups in total. The molecule has 0 aromatic carbocycles. The maximum atomic E-state index is 9.41. The van der Waals surface area contributed by atoms with Crippen molar-refractivity contribution in [2.24, 2.45) is 11.3 Å². The van der Waals surface area contributed by atoms with Crippen LogP contribution in [0, 0.1) is 45.8 Å². The fourth-order valence-electron chi connectivity index (χ4n) is 2.26. The molecule has 0 aromatic heterocycles. The average molecular weight is 236 g/mol. The van der Waals surface area contributed by atoms with Gasteiger partial charge in [-0.15, -0.1) is 17.6 Å². The Labute approximate surface area is 109 Å². The molecule has 1 unspecified atom stereocenters. The van der Waals surface area contributed by atoms with Crippen molar-refractivity contribution in [3.05, 3.63) is 30.0 Å². The molecule has 1 atom stereocenters. The summed E-state index contributed by atoms with van der Waals surface area (Å²) in [4.78, 5) is 0. The minimum atomic E-state index is -1.12. The maximum absolute atomic E-state index is 9.41. The molecular weight excluding hydrogens is 220 g/mol. The molecule has 0 amide bonds. The van der Waals surface area contributed by atoms with Gasteiger partial charge in [-0.2, -0.15) is 10.5 Å². The molecule has 0 heterocycles. The van der Waals surface area contributed by atoms with Gasteiger partial charge in [-0.25, -0.2) is 0 Å². The Morgan fingerprint density at radius 2 is 2.22 bits per heavy atom. The van der Waals surface area contributed by atoms with E-state index in [0.717, 1.165) is 24.8 Å². The first-order valence-corrected chi connectivity index (χ1v) is 6.02. The Bertz CT molecular complexity index is 508. The lowest BCUT2D eigenvalue weighted by Crippen LogP contribution is -2.25. The van der Waals surface area contributed by atoms with Crippen LogP contribution in [0.4, 0.5) is 0 Å². The number of nitriles is 2. The van der Waals surface area contributed by atoms with Gasteiger partial charge >= 0.3 is 0 Å². The molecule has 2 heteroatoms. The van der Waals surface area contributed by atoms with Crippen LogP contribution in [0.1, 0.15) is 32.6 Å². The van der Waals surface area contributed by atoms with Crippen molar-refractivity contribution < 1.29 is 0 Å². The van der Waals surface area contributed by atoms with Gasteiger partial charge in [0.15, 0.2) is 5.41 Å². The Balaban J connectivity index is 3.22. The monoisotopic (exact) mass is 236 g/mol. The predicted octanol–water partition coefficient (Wildman–Crippen LogP) is 3.50. The quantitative estimate of drug-likeness (QED) is 0.427. The third kappa shape index (κ3) is 2.73. The van der Waals surface area contributed by atoms with E-state index in [9.17, 15) is 10.5 Å². The molecule has 1 aliphatic carbocycles. The van der Waals surface area contributed by atoms with Crippen molar-refractivity contribution in [2.45, 2.75) is 32.6 Å². The second kappa shape index (κ2) is 6.51. The summed E-state index contributed by atoms with van der Waals surface area (Å²) in [5.74, 6) is 5.72. The number of rotatable bonds is 3. The Hall–Kier alpha value is -2.20. The number of nitrogens with zero attached hydrogens (tertiary/aromatic N) is 2. The molecular formula is C16H16N2. The molecule has 1 aliphatic rings. The molecule has 0 saturated carbocycles. The number of hydrogen-bond donors (Lipinski definition) is 0. The lowest BCUT2D eigenvalue weighted by Gasteiger charge is -2.28. The second-order valence-electron chi connectivity index (χ2n) is 4.30. The molecule has 18 heavy (non-hydrogen) atoms. The van der Waals surface area contributed by atoms with Crippen molar-refractivity contribution in [1.82, 2.24) is 0 Å².